The zero-order valence-electron chi connectivity index (χ0n) is 21.2. The number of rotatable bonds is 9. The van der Waals surface area contributed by atoms with Gasteiger partial charge in [-0.2, -0.15) is 20.1 Å². The second-order valence-electron chi connectivity index (χ2n) is 8.65. The van der Waals surface area contributed by atoms with Crippen LogP contribution in [0.3, 0.4) is 0 Å². The van der Waals surface area contributed by atoms with E-state index in [1.807, 2.05) is 42.5 Å². The smallest absolute Gasteiger partial charge is 0.250 e. The van der Waals surface area contributed by atoms with Gasteiger partial charge in [-0.05, 0) is 41.5 Å². The van der Waals surface area contributed by atoms with Crippen molar-refractivity contribution in [2.24, 2.45) is 5.10 Å². The lowest BCUT2D eigenvalue weighted by Crippen LogP contribution is -2.40. The number of nitrogens with zero attached hydrogens (tertiary/aromatic N) is 6. The van der Waals surface area contributed by atoms with Crippen LogP contribution >= 0.6 is 11.6 Å². The van der Waals surface area contributed by atoms with E-state index < -0.39 is 0 Å². The summed E-state index contributed by atoms with van der Waals surface area (Å²) in [6.45, 7) is 5.85. The molecular formula is C26H30ClN7O4. The van der Waals surface area contributed by atoms with Crippen LogP contribution in [-0.2, 0) is 16.1 Å². The van der Waals surface area contributed by atoms with Crippen molar-refractivity contribution in [2.45, 2.75) is 6.61 Å². The quantitative estimate of drug-likeness (QED) is 0.322. The van der Waals surface area contributed by atoms with Gasteiger partial charge >= 0.3 is 0 Å². The maximum absolute atomic E-state index is 5.96. The molecule has 0 amide bonds. The third-order valence-electron chi connectivity index (χ3n) is 6.07. The van der Waals surface area contributed by atoms with Gasteiger partial charge in [0, 0.05) is 31.2 Å². The lowest BCUT2D eigenvalue weighted by molar-refractivity contribution is 0.121. The van der Waals surface area contributed by atoms with E-state index in [1.54, 1.807) is 13.3 Å². The van der Waals surface area contributed by atoms with Gasteiger partial charge in [0.2, 0.25) is 17.8 Å². The van der Waals surface area contributed by atoms with Gasteiger partial charge in [0.1, 0.15) is 6.61 Å². The average Bonchev–Trinajstić information content (AvgIpc) is 2.98. The first-order valence-corrected chi connectivity index (χ1v) is 12.8. The highest BCUT2D eigenvalue weighted by Crippen LogP contribution is 2.28. The van der Waals surface area contributed by atoms with Crippen LogP contribution in [0.4, 0.5) is 17.8 Å². The topological polar surface area (TPSA) is 106 Å². The minimum atomic E-state index is 0.370. The van der Waals surface area contributed by atoms with Crippen LogP contribution in [-0.4, -0.2) is 80.9 Å². The third-order valence-corrected chi connectivity index (χ3v) is 6.33. The summed E-state index contributed by atoms with van der Waals surface area (Å²) in [4.78, 5) is 18.1. The number of aromatic nitrogens is 3. The number of hydrogen-bond donors (Lipinski definition) is 1. The van der Waals surface area contributed by atoms with Crippen molar-refractivity contribution in [3.05, 3.63) is 58.6 Å². The first-order chi connectivity index (χ1) is 18.7. The number of benzene rings is 2. The van der Waals surface area contributed by atoms with Crippen LogP contribution in [0.2, 0.25) is 5.02 Å². The van der Waals surface area contributed by atoms with E-state index in [0.717, 1.165) is 37.3 Å². The van der Waals surface area contributed by atoms with Crippen molar-refractivity contribution in [3.63, 3.8) is 0 Å². The van der Waals surface area contributed by atoms with Gasteiger partial charge in [0.25, 0.3) is 0 Å². The lowest BCUT2D eigenvalue weighted by Gasteiger charge is -2.30. The van der Waals surface area contributed by atoms with Crippen molar-refractivity contribution in [1.82, 2.24) is 15.0 Å². The van der Waals surface area contributed by atoms with Crippen molar-refractivity contribution >= 4 is 35.7 Å². The van der Waals surface area contributed by atoms with Crippen LogP contribution < -0.4 is 24.7 Å². The first-order valence-electron chi connectivity index (χ1n) is 12.4. The molecule has 3 heterocycles. The molecule has 2 fully saturated rings. The van der Waals surface area contributed by atoms with Crippen molar-refractivity contribution in [1.29, 1.82) is 0 Å². The molecule has 2 aliphatic rings. The van der Waals surface area contributed by atoms with Gasteiger partial charge in [-0.1, -0.05) is 23.7 Å². The molecule has 0 radical (unpaired) electrons. The highest BCUT2D eigenvalue weighted by Gasteiger charge is 2.20. The molecule has 0 atom stereocenters. The second kappa shape index (κ2) is 12.7. The predicted molar refractivity (Wildman–Crippen MR) is 146 cm³/mol. The van der Waals surface area contributed by atoms with E-state index in [9.17, 15) is 0 Å². The largest absolute Gasteiger partial charge is 0.493 e. The Morgan fingerprint density at radius 2 is 1.53 bits per heavy atom. The minimum Gasteiger partial charge on any atom is -0.493 e. The highest BCUT2D eigenvalue weighted by atomic mass is 35.5. The Labute approximate surface area is 226 Å². The van der Waals surface area contributed by atoms with E-state index in [-0.39, 0.29) is 0 Å². The van der Waals surface area contributed by atoms with E-state index >= 15 is 0 Å². The molecule has 1 aromatic heterocycles. The number of morpholine rings is 2. The Hall–Kier alpha value is -3.67. The maximum atomic E-state index is 5.96. The van der Waals surface area contributed by atoms with Gasteiger partial charge < -0.3 is 28.7 Å². The van der Waals surface area contributed by atoms with Crippen molar-refractivity contribution < 1.29 is 18.9 Å². The van der Waals surface area contributed by atoms with Gasteiger partial charge in [-0.25, -0.2) is 5.43 Å². The molecule has 0 saturated carbocycles. The zero-order chi connectivity index (χ0) is 26.2. The SMILES string of the molecule is COc1cc(/C=N\Nc2nc(N3CCOCC3)nc(N3CCOCC3)n2)ccc1OCc1ccc(Cl)cc1. The van der Waals surface area contributed by atoms with Crippen LogP contribution in [0.25, 0.3) is 0 Å². The van der Waals surface area contributed by atoms with E-state index in [1.165, 1.54) is 0 Å². The molecule has 0 bridgehead atoms. The molecule has 5 rings (SSSR count). The molecule has 2 aliphatic heterocycles. The zero-order valence-corrected chi connectivity index (χ0v) is 21.9. The summed E-state index contributed by atoms with van der Waals surface area (Å²) < 4.78 is 22.4. The van der Waals surface area contributed by atoms with Crippen LogP contribution in [0, 0.1) is 0 Å². The Morgan fingerprint density at radius 3 is 2.13 bits per heavy atom. The summed E-state index contributed by atoms with van der Waals surface area (Å²) in [6.07, 6.45) is 1.68. The molecule has 1 N–H and O–H groups in total. The number of hydrogen-bond acceptors (Lipinski definition) is 11. The molecule has 38 heavy (non-hydrogen) atoms. The molecule has 11 nitrogen and oxygen atoms in total. The number of ether oxygens (including phenoxy) is 4. The molecular weight excluding hydrogens is 510 g/mol. The molecule has 0 unspecified atom stereocenters. The van der Waals surface area contributed by atoms with Crippen molar-refractivity contribution in [2.75, 3.05) is 74.9 Å². The van der Waals surface area contributed by atoms with E-state index in [0.29, 0.717) is 67.4 Å². The van der Waals surface area contributed by atoms with E-state index in [4.69, 9.17) is 35.5 Å². The Bertz CT molecular complexity index is 1200. The Kier molecular flexibility index (Phi) is 8.69. The summed E-state index contributed by atoms with van der Waals surface area (Å²) in [5.74, 6) is 2.81. The summed E-state index contributed by atoms with van der Waals surface area (Å²) in [7, 11) is 1.61. The van der Waals surface area contributed by atoms with Gasteiger partial charge in [0.05, 0.1) is 39.8 Å². The minimum absolute atomic E-state index is 0.370. The number of halogens is 1. The van der Waals surface area contributed by atoms with Gasteiger partial charge in [-0.3, -0.25) is 0 Å². The van der Waals surface area contributed by atoms with Crippen LogP contribution in [0.15, 0.2) is 47.6 Å². The van der Waals surface area contributed by atoms with Crippen LogP contribution in [0.1, 0.15) is 11.1 Å². The first kappa shape index (κ1) is 26.0. The number of methoxy groups -OCH3 is 1. The van der Waals surface area contributed by atoms with Crippen molar-refractivity contribution in [3.8, 4) is 11.5 Å². The fourth-order valence-electron chi connectivity index (χ4n) is 4.00. The Morgan fingerprint density at radius 1 is 0.895 bits per heavy atom. The second-order valence-corrected chi connectivity index (χ2v) is 9.09. The fraction of sp³-hybridized carbons (Fsp3) is 0.385. The maximum Gasteiger partial charge on any atom is 0.250 e. The molecule has 2 aromatic carbocycles. The third kappa shape index (κ3) is 6.80. The summed E-state index contributed by atoms with van der Waals surface area (Å²) in [6, 6.07) is 13.1. The van der Waals surface area contributed by atoms with Gasteiger partial charge in [-0.15, -0.1) is 0 Å². The molecule has 3 aromatic rings. The molecule has 0 spiro atoms. The number of anilines is 3. The monoisotopic (exact) mass is 539 g/mol. The average molecular weight is 540 g/mol. The molecule has 200 valence electrons. The van der Waals surface area contributed by atoms with Gasteiger partial charge in [0.15, 0.2) is 11.5 Å². The molecule has 0 aliphatic carbocycles. The highest BCUT2D eigenvalue weighted by molar-refractivity contribution is 6.30. The number of hydrazone groups is 1. The van der Waals surface area contributed by atoms with E-state index in [2.05, 4.69) is 30.3 Å². The standard InChI is InChI=1S/C26H30ClN7O4/c1-35-23-16-20(4-7-22(23)38-18-19-2-5-21(27)6-3-19)17-28-32-24-29-25(33-8-12-36-13-9-33)31-26(30-24)34-10-14-37-15-11-34/h2-7,16-17H,8-15,18H2,1H3,(H,29,30,31,32)/b28-17-. The molecule has 12 heteroatoms. The lowest BCUT2D eigenvalue weighted by atomic mass is 10.2. The predicted octanol–water partition coefficient (Wildman–Crippen LogP) is 3.23. The Balaban J connectivity index is 1.28. The summed E-state index contributed by atoms with van der Waals surface area (Å²) in [5.41, 5.74) is 4.80. The summed E-state index contributed by atoms with van der Waals surface area (Å²) >= 11 is 5.96. The number of nitrogens with one attached hydrogen (secondary N) is 1. The van der Waals surface area contributed by atoms with Crippen LogP contribution in [0.5, 0.6) is 11.5 Å². The normalized spacial score (nSPS) is 16.1. The summed E-state index contributed by atoms with van der Waals surface area (Å²) in [5, 5.41) is 5.06. The molecule has 2 saturated heterocycles. The fourth-order valence-corrected chi connectivity index (χ4v) is 4.13.